The van der Waals surface area contributed by atoms with E-state index in [4.69, 9.17) is 27.6 Å². The predicted octanol–water partition coefficient (Wildman–Crippen LogP) is 6.67. The number of nitrogens with one attached hydrogen (secondary N) is 1. The van der Waals surface area contributed by atoms with Gasteiger partial charge in [-0.3, -0.25) is 9.59 Å². The van der Waals surface area contributed by atoms with E-state index in [1.54, 1.807) is 12.1 Å². The van der Waals surface area contributed by atoms with Crippen LogP contribution in [0, 0.1) is 0 Å². The summed E-state index contributed by atoms with van der Waals surface area (Å²) in [7, 11) is 0. The van der Waals surface area contributed by atoms with Crippen LogP contribution >= 0.6 is 35.0 Å². The highest BCUT2D eigenvalue weighted by atomic mass is 35.5. The van der Waals surface area contributed by atoms with Crippen LogP contribution in [0.25, 0.3) is 17.4 Å². The van der Waals surface area contributed by atoms with Gasteiger partial charge in [0.05, 0.1) is 15.5 Å². The van der Waals surface area contributed by atoms with Gasteiger partial charge in [0, 0.05) is 22.2 Å². The molecule has 33 heavy (non-hydrogen) atoms. The third-order valence-electron chi connectivity index (χ3n) is 4.40. The molecule has 0 bridgehead atoms. The number of halogens is 5. The van der Waals surface area contributed by atoms with Crippen LogP contribution in [0.15, 0.2) is 68.9 Å². The maximum Gasteiger partial charge on any atom is 0.417 e. The average molecular weight is 511 g/mol. The van der Waals surface area contributed by atoms with Crippen molar-refractivity contribution in [2.75, 3.05) is 0 Å². The van der Waals surface area contributed by atoms with Crippen molar-refractivity contribution in [1.29, 1.82) is 0 Å². The summed E-state index contributed by atoms with van der Waals surface area (Å²) >= 11 is 12.4. The minimum Gasteiger partial charge on any atom is -0.457 e. The van der Waals surface area contributed by atoms with Crippen molar-refractivity contribution in [2.45, 2.75) is 6.18 Å². The molecule has 0 radical (unpaired) electrons. The largest absolute Gasteiger partial charge is 0.457 e. The topological polar surface area (TPSA) is 71.7 Å². The second kappa shape index (κ2) is 9.09. The maximum atomic E-state index is 13.1. The zero-order chi connectivity index (χ0) is 23.8. The lowest BCUT2D eigenvalue weighted by Gasteiger charge is -2.09. The van der Waals surface area contributed by atoms with Crippen LogP contribution in [0.5, 0.6) is 0 Å². The molecule has 0 unspecified atom stereocenters. The van der Waals surface area contributed by atoms with Gasteiger partial charge in [-0.2, -0.15) is 18.2 Å². The molecule has 2 heterocycles. The van der Waals surface area contributed by atoms with Crippen molar-refractivity contribution in [3.05, 3.63) is 86.4 Å². The van der Waals surface area contributed by atoms with E-state index in [9.17, 15) is 22.8 Å². The summed E-state index contributed by atoms with van der Waals surface area (Å²) in [6.45, 7) is 0. The van der Waals surface area contributed by atoms with Crippen LogP contribution in [0.3, 0.4) is 0 Å². The molecule has 1 fully saturated rings. The maximum absolute atomic E-state index is 13.1. The molecule has 0 atom stereocenters. The molecule has 1 aliphatic heterocycles. The predicted molar refractivity (Wildman–Crippen MR) is 121 cm³/mol. The van der Waals surface area contributed by atoms with Gasteiger partial charge in [-0.1, -0.05) is 23.2 Å². The Morgan fingerprint density at radius 1 is 1.06 bits per heavy atom. The van der Waals surface area contributed by atoms with Crippen molar-refractivity contribution in [3.63, 3.8) is 0 Å². The fourth-order valence-corrected chi connectivity index (χ4v) is 3.99. The number of amidine groups is 1. The number of rotatable bonds is 3. The normalized spacial score (nSPS) is 16.5. The molecule has 1 aromatic heterocycles. The molecule has 1 N–H and O–H groups in total. The van der Waals surface area contributed by atoms with Crippen LogP contribution in [0.4, 0.5) is 13.2 Å². The van der Waals surface area contributed by atoms with Crippen LogP contribution < -0.4 is 5.32 Å². The number of carbonyl (C=O) groups is 2. The Bertz CT molecular complexity index is 1320. The first-order valence-corrected chi connectivity index (χ1v) is 10.7. The van der Waals surface area contributed by atoms with Crippen LogP contribution in [-0.4, -0.2) is 17.0 Å². The van der Waals surface area contributed by atoms with Crippen molar-refractivity contribution in [2.24, 2.45) is 4.99 Å². The fraction of sp³-hybridized carbons (Fsp3) is 0.0455. The summed E-state index contributed by atoms with van der Waals surface area (Å²) in [5.74, 6) is -0.652. The van der Waals surface area contributed by atoms with E-state index in [0.717, 1.165) is 23.9 Å². The molecule has 0 aliphatic carbocycles. The molecule has 5 nitrogen and oxygen atoms in total. The Morgan fingerprint density at radius 3 is 2.48 bits per heavy atom. The van der Waals surface area contributed by atoms with E-state index in [1.807, 2.05) is 0 Å². The average Bonchev–Trinajstić information content (AvgIpc) is 3.35. The van der Waals surface area contributed by atoms with E-state index in [0.29, 0.717) is 10.6 Å². The third kappa shape index (κ3) is 5.32. The monoisotopic (exact) mass is 510 g/mol. The Morgan fingerprint density at radius 2 is 1.79 bits per heavy atom. The van der Waals surface area contributed by atoms with Crippen LogP contribution in [-0.2, 0) is 11.0 Å². The zero-order valence-corrected chi connectivity index (χ0v) is 18.6. The first-order chi connectivity index (χ1) is 15.6. The third-order valence-corrected chi connectivity index (χ3v) is 5.89. The van der Waals surface area contributed by atoms with E-state index in [1.165, 1.54) is 36.4 Å². The molecule has 2 amide bonds. The van der Waals surface area contributed by atoms with Gasteiger partial charge in [-0.05, 0) is 66.4 Å². The summed E-state index contributed by atoms with van der Waals surface area (Å²) in [5, 5.41) is 2.62. The molecule has 11 heteroatoms. The number of carbonyl (C=O) groups excluding carboxylic acids is 2. The van der Waals surface area contributed by atoms with Gasteiger partial charge in [0.1, 0.15) is 11.5 Å². The molecular formula is C22H11Cl2F3N2O3S. The second-order valence-electron chi connectivity index (χ2n) is 6.69. The van der Waals surface area contributed by atoms with Crippen molar-refractivity contribution in [3.8, 4) is 11.3 Å². The van der Waals surface area contributed by atoms with Crippen molar-refractivity contribution >= 4 is 58.0 Å². The molecule has 1 saturated heterocycles. The van der Waals surface area contributed by atoms with Gasteiger partial charge in [0.25, 0.3) is 11.8 Å². The van der Waals surface area contributed by atoms with E-state index >= 15 is 0 Å². The highest BCUT2D eigenvalue weighted by Gasteiger charge is 2.33. The highest BCUT2D eigenvalue weighted by molar-refractivity contribution is 8.18. The van der Waals surface area contributed by atoms with Gasteiger partial charge in [0.15, 0.2) is 5.17 Å². The van der Waals surface area contributed by atoms with Gasteiger partial charge in [-0.25, -0.2) is 0 Å². The summed E-state index contributed by atoms with van der Waals surface area (Å²) in [6.07, 6.45) is -3.21. The molecule has 3 aromatic rings. The SMILES string of the molecule is O=C1NC(=NC(=O)c2ccc(Cl)cc2)S/C1=C\c1ccc(-c2ccc(Cl)c(C(F)(F)F)c2)o1. The zero-order valence-electron chi connectivity index (χ0n) is 16.2. The molecule has 0 saturated carbocycles. The highest BCUT2D eigenvalue weighted by Crippen LogP contribution is 2.38. The summed E-state index contributed by atoms with van der Waals surface area (Å²) in [6, 6.07) is 12.5. The number of alkyl halides is 3. The van der Waals surface area contributed by atoms with E-state index < -0.39 is 28.6 Å². The van der Waals surface area contributed by atoms with Gasteiger partial charge < -0.3 is 9.73 Å². The number of amides is 2. The standard InChI is InChI=1S/C22H11Cl2F3N2O3S/c23-13-4-1-11(2-5-13)19(30)28-21-29-20(31)18(33-21)10-14-6-8-17(32-14)12-3-7-16(24)15(9-12)22(25,26)27/h1-10H,(H,28,29,30,31)/b18-10-. The van der Waals surface area contributed by atoms with Gasteiger partial charge in [-0.15, -0.1) is 0 Å². The summed E-state index contributed by atoms with van der Waals surface area (Å²) in [4.78, 5) is 28.6. The minimum atomic E-state index is -4.61. The Labute approximate surface area is 199 Å². The lowest BCUT2D eigenvalue weighted by molar-refractivity contribution is -0.137. The molecule has 1 aliphatic rings. The number of furan rings is 1. The van der Waals surface area contributed by atoms with Crippen LogP contribution in [0.2, 0.25) is 10.0 Å². The van der Waals surface area contributed by atoms with Gasteiger partial charge >= 0.3 is 6.18 Å². The summed E-state index contributed by atoms with van der Waals surface area (Å²) < 4.78 is 44.9. The molecule has 168 valence electrons. The number of nitrogens with zero attached hydrogens (tertiary/aromatic N) is 1. The van der Waals surface area contributed by atoms with Crippen molar-refractivity contribution < 1.29 is 27.2 Å². The first-order valence-electron chi connectivity index (χ1n) is 9.16. The smallest absolute Gasteiger partial charge is 0.417 e. The summed E-state index contributed by atoms with van der Waals surface area (Å²) in [5.41, 5.74) is -0.498. The van der Waals surface area contributed by atoms with E-state index in [2.05, 4.69) is 10.3 Å². The van der Waals surface area contributed by atoms with Crippen molar-refractivity contribution in [1.82, 2.24) is 5.32 Å². The minimum absolute atomic E-state index is 0.0884. The lowest BCUT2D eigenvalue weighted by atomic mass is 10.1. The molecule has 4 rings (SSSR count). The number of benzene rings is 2. The number of aliphatic imine (C=N–C) groups is 1. The quantitative estimate of drug-likeness (QED) is 0.399. The Balaban J connectivity index is 1.53. The van der Waals surface area contributed by atoms with Crippen LogP contribution in [0.1, 0.15) is 21.7 Å². The van der Waals surface area contributed by atoms with E-state index in [-0.39, 0.29) is 27.2 Å². The molecular weight excluding hydrogens is 500 g/mol. The number of hydrogen-bond donors (Lipinski definition) is 1. The Kier molecular flexibility index (Phi) is 6.38. The molecule has 2 aromatic carbocycles. The second-order valence-corrected chi connectivity index (χ2v) is 8.56. The fourth-order valence-electron chi connectivity index (χ4n) is 2.84. The number of hydrogen-bond acceptors (Lipinski definition) is 4. The number of thioether (sulfide) groups is 1. The lowest BCUT2D eigenvalue weighted by Crippen LogP contribution is -2.20. The molecule has 0 spiro atoms. The van der Waals surface area contributed by atoms with Gasteiger partial charge in [0.2, 0.25) is 0 Å². The first kappa shape index (κ1) is 23.2. The Hall–Kier alpha value is -3.01.